The van der Waals surface area contributed by atoms with Gasteiger partial charge in [0.05, 0.1) is 11.4 Å². The third-order valence-corrected chi connectivity index (χ3v) is 3.89. The number of para-hydroxylation sites is 2. The molecule has 0 spiro atoms. The average molecular weight is 361 g/mol. The molecule has 0 saturated carbocycles. The zero-order chi connectivity index (χ0) is 19.3. The molecule has 0 atom stereocenters. The Labute approximate surface area is 151 Å². The minimum atomic E-state index is -1.09. The van der Waals surface area contributed by atoms with Gasteiger partial charge in [0, 0.05) is 19.4 Å². The van der Waals surface area contributed by atoms with Crippen LogP contribution in [-0.4, -0.2) is 53.3 Å². The van der Waals surface area contributed by atoms with Crippen LogP contribution < -0.4 is 10.2 Å². The zero-order valence-electron chi connectivity index (χ0n) is 14.9. The number of rotatable bonds is 7. The van der Waals surface area contributed by atoms with Crippen molar-refractivity contribution in [1.82, 2.24) is 4.90 Å². The summed E-state index contributed by atoms with van der Waals surface area (Å²) < 4.78 is 0. The number of fused-ring (bicyclic) bond motifs is 1. The second-order valence-electron chi connectivity index (χ2n) is 6.61. The van der Waals surface area contributed by atoms with Crippen LogP contribution >= 0.6 is 0 Å². The first-order valence-electron chi connectivity index (χ1n) is 8.46. The first-order valence-corrected chi connectivity index (χ1v) is 8.46. The van der Waals surface area contributed by atoms with Crippen LogP contribution in [0.5, 0.6) is 0 Å². The van der Waals surface area contributed by atoms with Gasteiger partial charge in [-0.2, -0.15) is 0 Å². The van der Waals surface area contributed by atoms with Crippen molar-refractivity contribution >= 4 is 35.1 Å². The van der Waals surface area contributed by atoms with E-state index in [1.165, 1.54) is 9.80 Å². The smallest absolute Gasteiger partial charge is 0.323 e. The number of nitrogens with one attached hydrogen (secondary N) is 1. The summed E-state index contributed by atoms with van der Waals surface area (Å²) in [7, 11) is 0. The molecule has 1 aliphatic heterocycles. The topological polar surface area (TPSA) is 107 Å². The summed E-state index contributed by atoms with van der Waals surface area (Å²) in [4.78, 5) is 50.2. The Bertz CT molecular complexity index is 717. The summed E-state index contributed by atoms with van der Waals surface area (Å²) in [5.41, 5.74) is 1.14. The van der Waals surface area contributed by atoms with Crippen molar-refractivity contribution < 1.29 is 24.3 Å². The normalized spacial score (nSPS) is 13.2. The van der Waals surface area contributed by atoms with Crippen molar-refractivity contribution in [3.05, 3.63) is 24.3 Å². The molecule has 1 aromatic carbocycles. The fourth-order valence-electron chi connectivity index (χ4n) is 2.82. The standard InChI is InChI=1S/C18H23N3O5/c1-12(2)9-20(11-18(25)26)16(23)7-8-17(24)21-10-15(22)19-13-5-3-4-6-14(13)21/h3-6,12H,7-11H2,1-2H3,(H,19,22)(H,25,26). The number of hydrogen-bond acceptors (Lipinski definition) is 4. The number of carboxylic acids is 1. The Morgan fingerprint density at radius 1 is 1.23 bits per heavy atom. The van der Waals surface area contributed by atoms with Crippen LogP contribution in [0.4, 0.5) is 11.4 Å². The Balaban J connectivity index is 2.02. The van der Waals surface area contributed by atoms with Gasteiger partial charge < -0.3 is 20.2 Å². The predicted octanol–water partition coefficient (Wildman–Crippen LogP) is 1.32. The molecule has 26 heavy (non-hydrogen) atoms. The van der Waals surface area contributed by atoms with Crippen molar-refractivity contribution in [3.63, 3.8) is 0 Å². The maximum Gasteiger partial charge on any atom is 0.323 e. The van der Waals surface area contributed by atoms with Crippen molar-refractivity contribution in [1.29, 1.82) is 0 Å². The van der Waals surface area contributed by atoms with E-state index in [2.05, 4.69) is 5.32 Å². The molecule has 1 heterocycles. The largest absolute Gasteiger partial charge is 0.480 e. The number of amides is 3. The molecule has 0 bridgehead atoms. The first-order chi connectivity index (χ1) is 12.3. The quantitative estimate of drug-likeness (QED) is 0.762. The van der Waals surface area contributed by atoms with Gasteiger partial charge in [-0.15, -0.1) is 0 Å². The highest BCUT2D eigenvalue weighted by Crippen LogP contribution is 2.29. The lowest BCUT2D eigenvalue weighted by molar-refractivity contribution is -0.145. The Morgan fingerprint density at radius 2 is 1.92 bits per heavy atom. The van der Waals surface area contributed by atoms with Crippen LogP contribution in [0.3, 0.4) is 0 Å². The SMILES string of the molecule is CC(C)CN(CC(=O)O)C(=O)CCC(=O)N1CC(=O)Nc2ccccc21. The van der Waals surface area contributed by atoms with Gasteiger partial charge in [0.1, 0.15) is 13.1 Å². The van der Waals surface area contributed by atoms with E-state index < -0.39 is 5.97 Å². The highest BCUT2D eigenvalue weighted by atomic mass is 16.4. The number of benzene rings is 1. The van der Waals surface area contributed by atoms with Gasteiger partial charge >= 0.3 is 5.97 Å². The van der Waals surface area contributed by atoms with Crippen LogP contribution in [-0.2, 0) is 19.2 Å². The lowest BCUT2D eigenvalue weighted by Crippen LogP contribution is -2.43. The molecule has 0 fully saturated rings. The number of nitrogens with zero attached hydrogens (tertiary/aromatic N) is 2. The predicted molar refractivity (Wildman–Crippen MR) is 95.7 cm³/mol. The number of aliphatic carboxylic acids is 1. The number of carbonyl (C=O) groups is 4. The molecule has 8 nitrogen and oxygen atoms in total. The first kappa shape index (κ1) is 19.4. The Kier molecular flexibility index (Phi) is 6.32. The van der Waals surface area contributed by atoms with Crippen molar-refractivity contribution in [2.24, 2.45) is 5.92 Å². The molecule has 8 heteroatoms. The van der Waals surface area contributed by atoms with Gasteiger partial charge in [-0.25, -0.2) is 0 Å². The molecule has 2 rings (SSSR count). The van der Waals surface area contributed by atoms with E-state index >= 15 is 0 Å². The van der Waals surface area contributed by atoms with Gasteiger partial charge in [0.25, 0.3) is 0 Å². The van der Waals surface area contributed by atoms with E-state index in [4.69, 9.17) is 5.11 Å². The molecule has 140 valence electrons. The minimum Gasteiger partial charge on any atom is -0.480 e. The molecule has 0 aliphatic carbocycles. The van der Waals surface area contributed by atoms with Crippen LogP contribution in [0.2, 0.25) is 0 Å². The highest BCUT2D eigenvalue weighted by Gasteiger charge is 2.27. The van der Waals surface area contributed by atoms with E-state index in [-0.39, 0.29) is 49.6 Å². The summed E-state index contributed by atoms with van der Waals surface area (Å²) in [6.07, 6.45) is -0.187. The summed E-state index contributed by atoms with van der Waals surface area (Å²) in [5, 5.41) is 11.6. The van der Waals surface area contributed by atoms with E-state index in [9.17, 15) is 19.2 Å². The molecule has 0 saturated heterocycles. The maximum absolute atomic E-state index is 12.5. The second-order valence-corrected chi connectivity index (χ2v) is 6.61. The Morgan fingerprint density at radius 3 is 2.58 bits per heavy atom. The summed E-state index contributed by atoms with van der Waals surface area (Å²) >= 11 is 0. The number of hydrogen-bond donors (Lipinski definition) is 2. The van der Waals surface area contributed by atoms with E-state index in [0.717, 1.165) is 0 Å². The fourth-order valence-corrected chi connectivity index (χ4v) is 2.82. The van der Waals surface area contributed by atoms with Gasteiger partial charge in [-0.1, -0.05) is 26.0 Å². The van der Waals surface area contributed by atoms with Crippen molar-refractivity contribution in [3.8, 4) is 0 Å². The zero-order valence-corrected chi connectivity index (χ0v) is 14.9. The number of anilines is 2. The molecule has 0 unspecified atom stereocenters. The lowest BCUT2D eigenvalue weighted by Gasteiger charge is -2.29. The fraction of sp³-hybridized carbons (Fsp3) is 0.444. The molecule has 0 aromatic heterocycles. The van der Waals surface area contributed by atoms with Crippen molar-refractivity contribution in [2.45, 2.75) is 26.7 Å². The van der Waals surface area contributed by atoms with E-state index in [1.807, 2.05) is 13.8 Å². The van der Waals surface area contributed by atoms with Crippen molar-refractivity contribution in [2.75, 3.05) is 29.9 Å². The molecule has 1 aromatic rings. The number of carbonyl (C=O) groups excluding carboxylic acids is 3. The summed E-state index contributed by atoms with van der Waals surface area (Å²) in [6, 6.07) is 6.95. The summed E-state index contributed by atoms with van der Waals surface area (Å²) in [5.74, 6) is -2.00. The van der Waals surface area contributed by atoms with E-state index in [1.54, 1.807) is 24.3 Å². The van der Waals surface area contributed by atoms with Crippen LogP contribution in [0.25, 0.3) is 0 Å². The third kappa shape index (κ3) is 5.05. The van der Waals surface area contributed by atoms with E-state index in [0.29, 0.717) is 17.9 Å². The van der Waals surface area contributed by atoms with Gasteiger partial charge in [-0.05, 0) is 18.1 Å². The average Bonchev–Trinajstić information content (AvgIpc) is 2.57. The lowest BCUT2D eigenvalue weighted by atomic mass is 10.1. The third-order valence-electron chi connectivity index (χ3n) is 3.89. The molecule has 1 aliphatic rings. The minimum absolute atomic E-state index is 0.0886. The molecular formula is C18H23N3O5. The highest BCUT2D eigenvalue weighted by molar-refractivity contribution is 6.10. The monoisotopic (exact) mass is 361 g/mol. The second kappa shape index (κ2) is 8.46. The molecule has 0 radical (unpaired) electrons. The number of carboxylic acid groups (broad SMARTS) is 1. The van der Waals surface area contributed by atoms with Gasteiger partial charge in [0.2, 0.25) is 17.7 Å². The molecule has 3 amide bonds. The van der Waals surface area contributed by atoms with Gasteiger partial charge in [0.15, 0.2) is 0 Å². The molecular weight excluding hydrogens is 338 g/mol. The van der Waals surface area contributed by atoms with Crippen LogP contribution in [0.15, 0.2) is 24.3 Å². The van der Waals surface area contributed by atoms with Gasteiger partial charge in [-0.3, -0.25) is 19.2 Å². The van der Waals surface area contributed by atoms with Crippen LogP contribution in [0, 0.1) is 5.92 Å². The maximum atomic E-state index is 12.5. The molecule has 2 N–H and O–H groups in total. The van der Waals surface area contributed by atoms with Crippen LogP contribution in [0.1, 0.15) is 26.7 Å². The summed E-state index contributed by atoms with van der Waals surface area (Å²) in [6.45, 7) is 3.59. The Hall–Kier alpha value is -2.90.